The van der Waals surface area contributed by atoms with Crippen LogP contribution in [0.3, 0.4) is 0 Å². The number of thioether (sulfide) groups is 1. The molecule has 0 saturated carbocycles. The zero-order valence-corrected chi connectivity index (χ0v) is 17.8. The van der Waals surface area contributed by atoms with Crippen LogP contribution in [0.2, 0.25) is 0 Å². The van der Waals surface area contributed by atoms with Gasteiger partial charge in [-0.3, -0.25) is 4.79 Å². The number of aryl methyl sites for hydroxylation is 1. The number of pyridine rings is 1. The number of carbonyl (C=O) groups excluding carboxylic acids is 1. The van der Waals surface area contributed by atoms with Crippen molar-refractivity contribution >= 4 is 23.5 Å². The molecule has 2 rings (SSSR count). The van der Waals surface area contributed by atoms with Gasteiger partial charge in [0, 0.05) is 13.1 Å². The predicted molar refractivity (Wildman–Crippen MR) is 109 cm³/mol. The van der Waals surface area contributed by atoms with Gasteiger partial charge in [-0.2, -0.15) is 0 Å². The molecule has 1 saturated heterocycles. The Bertz CT molecular complexity index is 628. The minimum atomic E-state index is -0.0187. The van der Waals surface area contributed by atoms with Gasteiger partial charge in [0.1, 0.15) is 10.8 Å². The third-order valence-corrected chi connectivity index (χ3v) is 5.32. The Hall–Kier alpha value is -1.27. The molecule has 5 nitrogen and oxygen atoms in total. The molecule has 0 unspecified atom stereocenters. The number of aromatic nitrogens is 1. The third kappa shape index (κ3) is 5.61. The molecule has 0 radical (unpaired) electrons. The maximum Gasteiger partial charge on any atom is 0.254 e. The predicted octanol–water partition coefficient (Wildman–Crippen LogP) is 3.89. The number of amides is 1. The van der Waals surface area contributed by atoms with Crippen LogP contribution in [0, 0.1) is 12.3 Å². The lowest BCUT2D eigenvalue weighted by molar-refractivity contribution is 0.0945. The lowest BCUT2D eigenvalue weighted by atomic mass is 9.91. The third-order valence-electron chi connectivity index (χ3n) is 4.64. The molecule has 146 valence electrons. The highest BCUT2D eigenvalue weighted by atomic mass is 32.2. The molecule has 6 heteroatoms. The topological polar surface area (TPSA) is 54.5 Å². The van der Waals surface area contributed by atoms with Crippen LogP contribution in [0.1, 0.15) is 56.5 Å². The quantitative estimate of drug-likeness (QED) is 0.600. The summed E-state index contributed by atoms with van der Waals surface area (Å²) >= 11 is 1.53. The Kier molecular flexibility index (Phi) is 7.35. The fourth-order valence-electron chi connectivity index (χ4n) is 3.17. The first-order chi connectivity index (χ1) is 12.2. The van der Waals surface area contributed by atoms with Gasteiger partial charge in [0.15, 0.2) is 0 Å². The zero-order chi connectivity index (χ0) is 19.3. The number of morpholine rings is 1. The van der Waals surface area contributed by atoms with Crippen LogP contribution in [-0.2, 0) is 4.74 Å². The van der Waals surface area contributed by atoms with Crippen molar-refractivity contribution in [3.05, 3.63) is 17.2 Å². The first-order valence-corrected chi connectivity index (χ1v) is 10.6. The van der Waals surface area contributed by atoms with Crippen molar-refractivity contribution in [2.24, 2.45) is 5.41 Å². The summed E-state index contributed by atoms with van der Waals surface area (Å²) in [6.45, 7) is 13.8. The molecule has 26 heavy (non-hydrogen) atoms. The molecule has 1 fully saturated rings. The van der Waals surface area contributed by atoms with E-state index >= 15 is 0 Å². The van der Waals surface area contributed by atoms with Gasteiger partial charge >= 0.3 is 0 Å². The van der Waals surface area contributed by atoms with Crippen molar-refractivity contribution in [2.75, 3.05) is 37.5 Å². The smallest absolute Gasteiger partial charge is 0.254 e. The van der Waals surface area contributed by atoms with E-state index in [9.17, 15) is 4.79 Å². The van der Waals surface area contributed by atoms with Crippen LogP contribution < -0.4 is 10.2 Å². The number of hydrogen-bond donors (Lipinski definition) is 1. The molecule has 0 aliphatic carbocycles. The first-order valence-electron chi connectivity index (χ1n) is 9.41. The Morgan fingerprint density at radius 2 is 2.19 bits per heavy atom. The fourth-order valence-corrected chi connectivity index (χ4v) is 3.82. The number of ether oxygens (including phenoxy) is 1. The van der Waals surface area contributed by atoms with Crippen LogP contribution in [-0.4, -0.2) is 49.5 Å². The second-order valence-corrected chi connectivity index (χ2v) is 9.01. The molecule has 0 spiro atoms. The number of anilines is 1. The summed E-state index contributed by atoms with van der Waals surface area (Å²) in [7, 11) is 0. The van der Waals surface area contributed by atoms with Crippen molar-refractivity contribution in [1.82, 2.24) is 10.3 Å². The zero-order valence-electron chi connectivity index (χ0n) is 17.0. The van der Waals surface area contributed by atoms with E-state index in [0.29, 0.717) is 30.2 Å². The molecule has 0 bridgehead atoms. The van der Waals surface area contributed by atoms with E-state index in [-0.39, 0.29) is 5.91 Å². The largest absolute Gasteiger partial charge is 0.377 e. The molecule has 1 aromatic heterocycles. The Labute approximate surface area is 162 Å². The van der Waals surface area contributed by atoms with Gasteiger partial charge in [0.25, 0.3) is 5.91 Å². The number of nitrogens with zero attached hydrogens (tertiary/aromatic N) is 2. The maximum absolute atomic E-state index is 12.7. The first kappa shape index (κ1) is 21.0. The van der Waals surface area contributed by atoms with Crippen molar-refractivity contribution in [3.8, 4) is 0 Å². The van der Waals surface area contributed by atoms with Crippen molar-refractivity contribution in [3.63, 3.8) is 0 Å². The van der Waals surface area contributed by atoms with E-state index in [0.717, 1.165) is 42.4 Å². The second-order valence-electron chi connectivity index (χ2n) is 8.22. The van der Waals surface area contributed by atoms with Crippen LogP contribution in [0.25, 0.3) is 0 Å². The molecule has 2 heterocycles. The average Bonchev–Trinajstić information content (AvgIpc) is 2.57. The summed E-state index contributed by atoms with van der Waals surface area (Å²) in [6, 6.07) is 2.33. The van der Waals surface area contributed by atoms with Gasteiger partial charge in [0.05, 0.1) is 24.8 Å². The number of nitrogens with one attached hydrogen (secondary N) is 1. The Morgan fingerprint density at radius 3 is 2.81 bits per heavy atom. The summed E-state index contributed by atoms with van der Waals surface area (Å²) in [4.78, 5) is 19.8. The number of rotatable bonds is 6. The minimum absolute atomic E-state index is 0.0187. The summed E-state index contributed by atoms with van der Waals surface area (Å²) in [5.74, 6) is 0.918. The molecular formula is C20H33N3O2S. The van der Waals surface area contributed by atoms with E-state index in [4.69, 9.17) is 9.72 Å². The van der Waals surface area contributed by atoms with Crippen LogP contribution >= 0.6 is 11.8 Å². The molecule has 0 aromatic carbocycles. The monoisotopic (exact) mass is 379 g/mol. The van der Waals surface area contributed by atoms with Gasteiger partial charge in [0.2, 0.25) is 0 Å². The van der Waals surface area contributed by atoms with E-state index in [2.05, 4.69) is 37.9 Å². The lowest BCUT2D eigenvalue weighted by Crippen LogP contribution is -2.44. The standard InChI is InChI=1S/C20H33N3O2S/c1-14-12-16(23-10-11-25-13-15(23)2)22-19(26-6)17(14)18(24)21-9-7-8-20(3,4)5/h12,15H,7-11,13H2,1-6H3,(H,21,24)/t15-/m1/s1. The van der Waals surface area contributed by atoms with Gasteiger partial charge in [-0.05, 0) is 50.0 Å². The molecule has 1 aliphatic heterocycles. The highest BCUT2D eigenvalue weighted by Crippen LogP contribution is 2.28. The highest BCUT2D eigenvalue weighted by molar-refractivity contribution is 7.98. The molecule has 1 aliphatic rings. The van der Waals surface area contributed by atoms with Crippen molar-refractivity contribution in [1.29, 1.82) is 0 Å². The second kappa shape index (κ2) is 9.09. The normalized spacial score (nSPS) is 18.1. The van der Waals surface area contributed by atoms with Crippen LogP contribution in [0.5, 0.6) is 0 Å². The van der Waals surface area contributed by atoms with Crippen LogP contribution in [0.15, 0.2) is 11.1 Å². The summed E-state index contributed by atoms with van der Waals surface area (Å²) < 4.78 is 5.52. The molecular weight excluding hydrogens is 346 g/mol. The maximum atomic E-state index is 12.7. The molecule has 1 atom stereocenters. The van der Waals surface area contributed by atoms with E-state index in [1.165, 1.54) is 11.8 Å². The fraction of sp³-hybridized carbons (Fsp3) is 0.700. The SMILES string of the molecule is CSc1nc(N2CCOC[C@H]2C)cc(C)c1C(=O)NCCCC(C)(C)C. The molecule has 1 amide bonds. The summed E-state index contributed by atoms with van der Waals surface area (Å²) in [5, 5.41) is 3.87. The number of hydrogen-bond acceptors (Lipinski definition) is 5. The van der Waals surface area contributed by atoms with Gasteiger partial charge in [-0.1, -0.05) is 20.8 Å². The molecule has 1 aromatic rings. The van der Waals surface area contributed by atoms with Gasteiger partial charge < -0.3 is 15.0 Å². The van der Waals surface area contributed by atoms with Gasteiger partial charge in [-0.15, -0.1) is 11.8 Å². The lowest BCUT2D eigenvalue weighted by Gasteiger charge is -2.34. The average molecular weight is 380 g/mol. The van der Waals surface area contributed by atoms with E-state index in [1.54, 1.807) is 0 Å². The van der Waals surface area contributed by atoms with Crippen LogP contribution in [0.4, 0.5) is 5.82 Å². The van der Waals surface area contributed by atoms with Crippen molar-refractivity contribution < 1.29 is 9.53 Å². The van der Waals surface area contributed by atoms with Gasteiger partial charge in [-0.25, -0.2) is 4.98 Å². The Balaban J connectivity index is 2.12. The minimum Gasteiger partial charge on any atom is -0.377 e. The molecule has 1 N–H and O–H groups in total. The summed E-state index contributed by atoms with van der Waals surface area (Å²) in [5.41, 5.74) is 1.98. The van der Waals surface area contributed by atoms with Crippen molar-refractivity contribution in [2.45, 2.75) is 58.5 Å². The summed E-state index contributed by atoms with van der Waals surface area (Å²) in [6.07, 6.45) is 4.05. The number of carbonyl (C=O) groups is 1. The highest BCUT2D eigenvalue weighted by Gasteiger charge is 2.24. The Morgan fingerprint density at radius 1 is 1.46 bits per heavy atom. The van der Waals surface area contributed by atoms with E-state index in [1.807, 2.05) is 19.2 Å². The van der Waals surface area contributed by atoms with E-state index < -0.39 is 0 Å².